The van der Waals surface area contributed by atoms with E-state index in [0.717, 1.165) is 44.4 Å². The van der Waals surface area contributed by atoms with E-state index in [0.29, 0.717) is 12.8 Å². The molecule has 0 rings (SSSR count). The fraction of sp³-hybridized carbons (Fsp3) is 0.923. The van der Waals surface area contributed by atoms with E-state index in [9.17, 15) is 14.7 Å². The Morgan fingerprint density at radius 1 is 0.677 bits per heavy atom. The standard InChI is InChI=1S/C26H50O5/c1-4-6-7-8-9-13-16-19-25(28)30-21-24(27)22-31-26(29)20-17-14-11-10-12-15-18-23(3)5-2/h23-24,27H,4-22H2,1-3H3/t23?,24-/m0/s1. The molecule has 0 saturated heterocycles. The van der Waals surface area contributed by atoms with Gasteiger partial charge in [-0.05, 0) is 18.8 Å². The Morgan fingerprint density at radius 3 is 1.55 bits per heavy atom. The van der Waals surface area contributed by atoms with Gasteiger partial charge in [-0.3, -0.25) is 9.59 Å². The molecule has 0 aliphatic rings. The molecule has 0 heterocycles. The van der Waals surface area contributed by atoms with E-state index in [4.69, 9.17) is 9.47 Å². The fourth-order valence-corrected chi connectivity index (χ4v) is 3.47. The molecular weight excluding hydrogens is 392 g/mol. The SMILES string of the molecule is CCCCCCCCCC(=O)OC[C@H](O)COC(=O)CCCCCCCCC(C)CC. The van der Waals surface area contributed by atoms with Crippen molar-refractivity contribution < 1.29 is 24.2 Å². The maximum atomic E-state index is 11.8. The predicted molar refractivity (Wildman–Crippen MR) is 127 cm³/mol. The predicted octanol–water partition coefficient (Wildman–Crippen LogP) is 6.74. The molecule has 0 fully saturated rings. The van der Waals surface area contributed by atoms with Gasteiger partial charge >= 0.3 is 11.9 Å². The Kier molecular flexibility index (Phi) is 21.3. The van der Waals surface area contributed by atoms with E-state index < -0.39 is 6.10 Å². The number of rotatable bonds is 22. The van der Waals surface area contributed by atoms with Crippen molar-refractivity contribution in [2.45, 2.75) is 136 Å². The minimum absolute atomic E-state index is 0.112. The van der Waals surface area contributed by atoms with Gasteiger partial charge in [-0.25, -0.2) is 0 Å². The molecule has 1 N–H and O–H groups in total. The monoisotopic (exact) mass is 442 g/mol. The van der Waals surface area contributed by atoms with Gasteiger partial charge in [-0.2, -0.15) is 0 Å². The van der Waals surface area contributed by atoms with Crippen molar-refractivity contribution in [1.82, 2.24) is 0 Å². The molecule has 184 valence electrons. The van der Waals surface area contributed by atoms with Crippen molar-refractivity contribution in [3.05, 3.63) is 0 Å². The first-order valence-electron chi connectivity index (χ1n) is 13.0. The van der Waals surface area contributed by atoms with Crippen LogP contribution >= 0.6 is 0 Å². The lowest BCUT2D eigenvalue weighted by Gasteiger charge is -2.12. The molecule has 0 radical (unpaired) electrons. The third kappa shape index (κ3) is 21.9. The quantitative estimate of drug-likeness (QED) is 0.148. The first-order chi connectivity index (χ1) is 15.0. The average molecular weight is 443 g/mol. The second-order valence-electron chi connectivity index (χ2n) is 9.06. The Hall–Kier alpha value is -1.10. The molecule has 0 saturated carbocycles. The molecule has 0 aromatic rings. The van der Waals surface area contributed by atoms with Crippen molar-refractivity contribution in [3.8, 4) is 0 Å². The first-order valence-corrected chi connectivity index (χ1v) is 13.0. The summed E-state index contributed by atoms with van der Waals surface area (Å²) in [5, 5.41) is 9.83. The van der Waals surface area contributed by atoms with E-state index >= 15 is 0 Å². The number of hydrogen-bond acceptors (Lipinski definition) is 5. The van der Waals surface area contributed by atoms with E-state index in [-0.39, 0.29) is 25.2 Å². The van der Waals surface area contributed by atoms with E-state index in [1.807, 2.05) is 0 Å². The van der Waals surface area contributed by atoms with Crippen molar-refractivity contribution in [2.75, 3.05) is 13.2 Å². The number of aliphatic hydroxyl groups excluding tert-OH is 1. The van der Waals surface area contributed by atoms with Crippen LogP contribution in [0.25, 0.3) is 0 Å². The Labute approximate surface area is 191 Å². The van der Waals surface area contributed by atoms with Gasteiger partial charge in [0.25, 0.3) is 0 Å². The number of hydrogen-bond donors (Lipinski definition) is 1. The molecule has 0 aliphatic carbocycles. The number of unbranched alkanes of at least 4 members (excludes halogenated alkanes) is 11. The largest absolute Gasteiger partial charge is 0.463 e. The number of aliphatic hydroxyl groups is 1. The Morgan fingerprint density at radius 2 is 1.10 bits per heavy atom. The summed E-state index contributed by atoms with van der Waals surface area (Å²) in [5.41, 5.74) is 0. The van der Waals surface area contributed by atoms with E-state index in [1.165, 1.54) is 57.8 Å². The summed E-state index contributed by atoms with van der Waals surface area (Å²) >= 11 is 0. The van der Waals surface area contributed by atoms with Crippen LogP contribution in [-0.4, -0.2) is 36.4 Å². The molecule has 0 spiro atoms. The highest BCUT2D eigenvalue weighted by Gasteiger charge is 2.12. The van der Waals surface area contributed by atoms with Crippen LogP contribution in [0.15, 0.2) is 0 Å². The maximum Gasteiger partial charge on any atom is 0.305 e. The third-order valence-corrected chi connectivity index (χ3v) is 5.88. The van der Waals surface area contributed by atoms with Crippen molar-refractivity contribution in [3.63, 3.8) is 0 Å². The van der Waals surface area contributed by atoms with Gasteiger partial charge in [0.15, 0.2) is 0 Å². The van der Waals surface area contributed by atoms with Gasteiger partial charge in [0, 0.05) is 12.8 Å². The second kappa shape index (κ2) is 22.1. The van der Waals surface area contributed by atoms with Crippen molar-refractivity contribution in [2.24, 2.45) is 5.92 Å². The van der Waals surface area contributed by atoms with Crippen LogP contribution in [0.2, 0.25) is 0 Å². The van der Waals surface area contributed by atoms with Crippen LogP contribution in [0.4, 0.5) is 0 Å². The highest BCUT2D eigenvalue weighted by Crippen LogP contribution is 2.14. The topological polar surface area (TPSA) is 72.8 Å². The lowest BCUT2D eigenvalue weighted by molar-refractivity contribution is -0.152. The van der Waals surface area contributed by atoms with Gasteiger partial charge in [0.1, 0.15) is 19.3 Å². The molecule has 5 nitrogen and oxygen atoms in total. The summed E-state index contributed by atoms with van der Waals surface area (Å²) in [6.45, 7) is 6.53. The summed E-state index contributed by atoms with van der Waals surface area (Å²) in [6.07, 6.45) is 17.3. The normalized spacial score (nSPS) is 13.0. The summed E-state index contributed by atoms with van der Waals surface area (Å²) in [6, 6.07) is 0. The lowest BCUT2D eigenvalue weighted by atomic mass is 10.00. The van der Waals surface area contributed by atoms with Gasteiger partial charge < -0.3 is 14.6 Å². The summed E-state index contributed by atoms with van der Waals surface area (Å²) in [5.74, 6) is 0.257. The molecule has 0 amide bonds. The van der Waals surface area contributed by atoms with Crippen molar-refractivity contribution >= 4 is 11.9 Å². The van der Waals surface area contributed by atoms with Crippen LogP contribution < -0.4 is 0 Å². The molecule has 0 aliphatic heterocycles. The summed E-state index contributed by atoms with van der Waals surface area (Å²) in [7, 11) is 0. The number of esters is 2. The first kappa shape index (κ1) is 29.9. The molecule has 0 aromatic heterocycles. The molecule has 5 heteroatoms. The summed E-state index contributed by atoms with van der Waals surface area (Å²) < 4.78 is 10.2. The van der Waals surface area contributed by atoms with E-state index in [2.05, 4.69) is 20.8 Å². The third-order valence-electron chi connectivity index (χ3n) is 5.88. The van der Waals surface area contributed by atoms with Gasteiger partial charge in [0.05, 0.1) is 0 Å². The van der Waals surface area contributed by atoms with Crippen molar-refractivity contribution in [1.29, 1.82) is 0 Å². The molecule has 0 bridgehead atoms. The van der Waals surface area contributed by atoms with Crippen LogP contribution in [0, 0.1) is 5.92 Å². The smallest absolute Gasteiger partial charge is 0.305 e. The maximum absolute atomic E-state index is 11.8. The molecular formula is C26H50O5. The minimum atomic E-state index is -0.951. The van der Waals surface area contributed by atoms with E-state index in [1.54, 1.807) is 0 Å². The van der Waals surface area contributed by atoms with Crippen LogP contribution in [0.1, 0.15) is 130 Å². The number of ether oxygens (including phenoxy) is 2. The Bertz CT molecular complexity index is 424. The zero-order valence-corrected chi connectivity index (χ0v) is 20.7. The van der Waals surface area contributed by atoms with Gasteiger partial charge in [-0.15, -0.1) is 0 Å². The molecule has 31 heavy (non-hydrogen) atoms. The van der Waals surface area contributed by atoms with Gasteiger partial charge in [0.2, 0.25) is 0 Å². The molecule has 2 atom stereocenters. The van der Waals surface area contributed by atoms with Crippen LogP contribution in [0.3, 0.4) is 0 Å². The van der Waals surface area contributed by atoms with Crippen LogP contribution in [-0.2, 0) is 19.1 Å². The number of carbonyl (C=O) groups is 2. The highest BCUT2D eigenvalue weighted by molar-refractivity contribution is 5.69. The molecule has 1 unspecified atom stereocenters. The zero-order valence-electron chi connectivity index (χ0n) is 20.7. The Balaban J connectivity index is 3.48. The number of carbonyl (C=O) groups excluding carboxylic acids is 2. The summed E-state index contributed by atoms with van der Waals surface area (Å²) in [4.78, 5) is 23.5. The molecule has 0 aromatic carbocycles. The van der Waals surface area contributed by atoms with Crippen LogP contribution in [0.5, 0.6) is 0 Å². The fourth-order valence-electron chi connectivity index (χ4n) is 3.47. The van der Waals surface area contributed by atoms with Gasteiger partial charge in [-0.1, -0.05) is 104 Å². The minimum Gasteiger partial charge on any atom is -0.463 e. The zero-order chi connectivity index (χ0) is 23.2. The average Bonchev–Trinajstić information content (AvgIpc) is 2.77. The second-order valence-corrected chi connectivity index (χ2v) is 9.06. The lowest BCUT2D eigenvalue weighted by Crippen LogP contribution is -2.25. The highest BCUT2D eigenvalue weighted by atomic mass is 16.6.